The molecule has 0 spiro atoms. The molecule has 2 fully saturated rings. The number of hydrogen-bond acceptors (Lipinski definition) is 6. The molecule has 3 aliphatic heterocycles. The first-order chi connectivity index (χ1) is 14.9. The highest BCUT2D eigenvalue weighted by atomic mass is 16.2. The lowest BCUT2D eigenvalue weighted by molar-refractivity contribution is -0.137. The zero-order chi connectivity index (χ0) is 22.0. The molecular weight excluding hydrogens is 400 g/mol. The first kappa shape index (κ1) is 21.2. The molecule has 0 aliphatic carbocycles. The molecule has 4 rings (SSSR count). The van der Waals surface area contributed by atoms with Crippen molar-refractivity contribution in [2.45, 2.75) is 44.7 Å². The van der Waals surface area contributed by atoms with Crippen molar-refractivity contribution in [3.63, 3.8) is 0 Å². The number of imide groups is 1. The SMILES string of the molecule is O=CCN1CCC(CC(=O)Nc2ccc3c(c2)CN(C2CCC(=O)NC2=O)C3=O)CC1. The summed E-state index contributed by atoms with van der Waals surface area (Å²) in [5.74, 6) is -0.763. The Morgan fingerprint density at radius 3 is 2.65 bits per heavy atom. The van der Waals surface area contributed by atoms with Crippen LogP contribution in [0, 0.1) is 5.92 Å². The van der Waals surface area contributed by atoms with Gasteiger partial charge in [0.25, 0.3) is 5.91 Å². The Hall–Kier alpha value is -3.07. The van der Waals surface area contributed by atoms with Gasteiger partial charge < -0.3 is 15.0 Å². The minimum atomic E-state index is -0.652. The quantitative estimate of drug-likeness (QED) is 0.511. The lowest BCUT2D eigenvalue weighted by atomic mass is 9.93. The second-order valence-electron chi connectivity index (χ2n) is 8.43. The lowest BCUT2D eigenvalue weighted by Gasteiger charge is -2.30. The third-order valence-corrected chi connectivity index (χ3v) is 6.32. The van der Waals surface area contributed by atoms with Crippen LogP contribution in [0.3, 0.4) is 0 Å². The molecule has 1 aromatic rings. The number of carbonyl (C=O) groups excluding carboxylic acids is 5. The summed E-state index contributed by atoms with van der Waals surface area (Å²) in [5.41, 5.74) is 1.90. The minimum Gasteiger partial charge on any atom is -0.326 e. The molecule has 0 bridgehead atoms. The third-order valence-electron chi connectivity index (χ3n) is 6.32. The molecule has 0 radical (unpaired) electrons. The van der Waals surface area contributed by atoms with Crippen molar-refractivity contribution in [1.82, 2.24) is 15.1 Å². The number of fused-ring (bicyclic) bond motifs is 1. The van der Waals surface area contributed by atoms with Gasteiger partial charge in [-0.3, -0.25) is 29.4 Å². The average Bonchev–Trinajstić information content (AvgIpc) is 3.05. The Kier molecular flexibility index (Phi) is 6.13. The lowest BCUT2D eigenvalue weighted by Crippen LogP contribution is -2.52. The molecule has 9 heteroatoms. The van der Waals surface area contributed by atoms with Gasteiger partial charge in [0.2, 0.25) is 17.7 Å². The van der Waals surface area contributed by atoms with Gasteiger partial charge in [-0.05, 0) is 62.0 Å². The number of benzene rings is 1. The summed E-state index contributed by atoms with van der Waals surface area (Å²) in [7, 11) is 0. The van der Waals surface area contributed by atoms with E-state index in [2.05, 4.69) is 15.5 Å². The average molecular weight is 426 g/mol. The third kappa shape index (κ3) is 4.66. The Balaban J connectivity index is 1.34. The summed E-state index contributed by atoms with van der Waals surface area (Å²) < 4.78 is 0. The van der Waals surface area contributed by atoms with E-state index in [1.165, 1.54) is 4.90 Å². The van der Waals surface area contributed by atoms with Crippen LogP contribution >= 0.6 is 0 Å². The fourth-order valence-electron chi connectivity index (χ4n) is 4.60. The van der Waals surface area contributed by atoms with Gasteiger partial charge in [-0.1, -0.05) is 0 Å². The van der Waals surface area contributed by atoms with Crippen LogP contribution < -0.4 is 10.6 Å². The van der Waals surface area contributed by atoms with Crippen molar-refractivity contribution in [3.05, 3.63) is 29.3 Å². The summed E-state index contributed by atoms with van der Waals surface area (Å²) in [5, 5.41) is 5.21. The van der Waals surface area contributed by atoms with Crippen molar-refractivity contribution in [3.8, 4) is 0 Å². The van der Waals surface area contributed by atoms with E-state index in [-0.39, 0.29) is 30.7 Å². The second-order valence-corrected chi connectivity index (χ2v) is 8.43. The Morgan fingerprint density at radius 2 is 1.94 bits per heavy atom. The molecule has 31 heavy (non-hydrogen) atoms. The van der Waals surface area contributed by atoms with Crippen LogP contribution in [0.25, 0.3) is 0 Å². The van der Waals surface area contributed by atoms with Gasteiger partial charge in [0, 0.05) is 30.6 Å². The highest BCUT2D eigenvalue weighted by molar-refractivity contribution is 6.05. The summed E-state index contributed by atoms with van der Waals surface area (Å²) in [6.07, 6.45) is 3.65. The standard InChI is InChI=1S/C22H26N4O5/c27-10-9-25-7-5-14(6-8-25)11-20(29)23-16-1-2-17-15(12-16)13-26(22(17)31)18-3-4-19(28)24-21(18)30/h1-2,10,12,14,18H,3-9,11,13H2,(H,23,29)(H,24,28,30). The van der Waals surface area contributed by atoms with Crippen molar-refractivity contribution < 1.29 is 24.0 Å². The van der Waals surface area contributed by atoms with E-state index in [0.29, 0.717) is 36.6 Å². The second kappa shape index (κ2) is 8.97. The van der Waals surface area contributed by atoms with Crippen molar-refractivity contribution in [2.75, 3.05) is 25.0 Å². The normalized spacial score (nSPS) is 22.3. The van der Waals surface area contributed by atoms with Crippen molar-refractivity contribution >= 4 is 35.6 Å². The smallest absolute Gasteiger partial charge is 0.255 e. The van der Waals surface area contributed by atoms with Gasteiger partial charge in [0.1, 0.15) is 12.3 Å². The van der Waals surface area contributed by atoms with Crippen LogP contribution in [0.4, 0.5) is 5.69 Å². The molecule has 2 saturated heterocycles. The predicted molar refractivity (Wildman–Crippen MR) is 111 cm³/mol. The number of rotatable bonds is 6. The van der Waals surface area contributed by atoms with E-state index in [9.17, 15) is 24.0 Å². The van der Waals surface area contributed by atoms with Gasteiger partial charge in [0.05, 0.1) is 6.54 Å². The van der Waals surface area contributed by atoms with Crippen LogP contribution in [0.5, 0.6) is 0 Å². The zero-order valence-electron chi connectivity index (χ0n) is 17.3. The van der Waals surface area contributed by atoms with Gasteiger partial charge in [-0.2, -0.15) is 0 Å². The van der Waals surface area contributed by atoms with E-state index in [1.807, 2.05) is 0 Å². The molecule has 3 heterocycles. The summed E-state index contributed by atoms with van der Waals surface area (Å²) in [6, 6.07) is 4.51. The molecular formula is C22H26N4O5. The molecule has 1 atom stereocenters. The number of nitrogens with one attached hydrogen (secondary N) is 2. The minimum absolute atomic E-state index is 0.0693. The van der Waals surface area contributed by atoms with Gasteiger partial charge in [-0.15, -0.1) is 0 Å². The van der Waals surface area contributed by atoms with E-state index in [4.69, 9.17) is 0 Å². The highest BCUT2D eigenvalue weighted by Gasteiger charge is 2.39. The topological polar surface area (TPSA) is 116 Å². The van der Waals surface area contributed by atoms with Crippen molar-refractivity contribution in [2.24, 2.45) is 5.92 Å². The Bertz CT molecular complexity index is 922. The van der Waals surface area contributed by atoms with E-state index in [1.54, 1.807) is 18.2 Å². The molecule has 2 N–H and O–H groups in total. The number of likely N-dealkylation sites (tertiary alicyclic amines) is 1. The van der Waals surface area contributed by atoms with Gasteiger partial charge in [0.15, 0.2) is 0 Å². The largest absolute Gasteiger partial charge is 0.326 e. The molecule has 4 amide bonds. The maximum atomic E-state index is 12.7. The van der Waals surface area contributed by atoms with Gasteiger partial charge >= 0.3 is 0 Å². The number of amides is 4. The molecule has 9 nitrogen and oxygen atoms in total. The van der Waals surface area contributed by atoms with E-state index >= 15 is 0 Å². The molecule has 1 aromatic carbocycles. The predicted octanol–water partition coefficient (Wildman–Crippen LogP) is 0.687. The fraction of sp³-hybridized carbons (Fsp3) is 0.500. The number of nitrogens with zero attached hydrogens (tertiary/aromatic N) is 2. The van der Waals surface area contributed by atoms with Crippen LogP contribution in [0.1, 0.15) is 48.0 Å². The first-order valence-electron chi connectivity index (χ1n) is 10.7. The molecule has 0 aromatic heterocycles. The summed E-state index contributed by atoms with van der Waals surface area (Å²) in [4.78, 5) is 63.0. The molecule has 3 aliphatic rings. The molecule has 1 unspecified atom stereocenters. The van der Waals surface area contributed by atoms with E-state index < -0.39 is 11.9 Å². The summed E-state index contributed by atoms with van der Waals surface area (Å²) in [6.45, 7) is 2.38. The number of piperidine rings is 2. The summed E-state index contributed by atoms with van der Waals surface area (Å²) >= 11 is 0. The van der Waals surface area contributed by atoms with Crippen LogP contribution in [0.2, 0.25) is 0 Å². The maximum absolute atomic E-state index is 12.7. The van der Waals surface area contributed by atoms with Crippen LogP contribution in [0.15, 0.2) is 18.2 Å². The number of hydrogen-bond donors (Lipinski definition) is 2. The highest BCUT2D eigenvalue weighted by Crippen LogP contribution is 2.30. The molecule has 0 saturated carbocycles. The van der Waals surface area contributed by atoms with E-state index in [0.717, 1.165) is 37.8 Å². The Labute approximate surface area is 180 Å². The van der Waals surface area contributed by atoms with Crippen LogP contribution in [-0.4, -0.2) is 65.4 Å². The Morgan fingerprint density at radius 1 is 1.16 bits per heavy atom. The molecule has 164 valence electrons. The van der Waals surface area contributed by atoms with Gasteiger partial charge in [-0.25, -0.2) is 0 Å². The number of anilines is 1. The maximum Gasteiger partial charge on any atom is 0.255 e. The fourth-order valence-corrected chi connectivity index (χ4v) is 4.60. The number of carbonyl (C=O) groups is 5. The number of aldehydes is 1. The zero-order valence-corrected chi connectivity index (χ0v) is 17.3. The first-order valence-corrected chi connectivity index (χ1v) is 10.7. The monoisotopic (exact) mass is 426 g/mol. The van der Waals surface area contributed by atoms with Crippen LogP contribution in [-0.2, 0) is 25.7 Å². The van der Waals surface area contributed by atoms with Crippen molar-refractivity contribution in [1.29, 1.82) is 0 Å².